The molecule has 2 aromatic rings. The van der Waals surface area contributed by atoms with Crippen molar-refractivity contribution in [3.05, 3.63) is 30.1 Å². The van der Waals surface area contributed by atoms with Gasteiger partial charge in [0.1, 0.15) is 0 Å². The quantitative estimate of drug-likeness (QED) is 0.662. The number of fused-ring (bicyclic) bond motifs is 1. The second kappa shape index (κ2) is 4.44. The Balaban J connectivity index is 2.04. The van der Waals surface area contributed by atoms with Gasteiger partial charge in [-0.05, 0) is 24.1 Å². The van der Waals surface area contributed by atoms with Gasteiger partial charge in [0.05, 0.1) is 17.4 Å². The summed E-state index contributed by atoms with van der Waals surface area (Å²) in [6, 6.07) is 6.03. The van der Waals surface area contributed by atoms with Gasteiger partial charge in [0, 0.05) is 22.5 Å². The number of carbonyl (C=O) groups excluding carboxylic acids is 1. The van der Waals surface area contributed by atoms with E-state index in [-0.39, 0.29) is 4.82 Å². The Labute approximate surface area is 95.2 Å². The van der Waals surface area contributed by atoms with Gasteiger partial charge in [0.25, 0.3) is 4.82 Å². The highest BCUT2D eigenvalue weighted by atomic mass is 79.9. The van der Waals surface area contributed by atoms with Crippen LogP contribution in [0.1, 0.15) is 5.56 Å². The summed E-state index contributed by atoms with van der Waals surface area (Å²) in [5.41, 5.74) is 3.16. The SMILES string of the molecule is O=C(Br)NCCc1ccc2nc[nH]c2c1. The zero-order valence-electron chi connectivity index (χ0n) is 7.96. The molecule has 2 N–H and O–H groups in total. The van der Waals surface area contributed by atoms with E-state index >= 15 is 0 Å². The third-order valence-corrected chi connectivity index (χ3v) is 2.44. The third kappa shape index (κ3) is 2.56. The molecule has 2 rings (SSSR count). The van der Waals surface area contributed by atoms with E-state index in [0.29, 0.717) is 6.54 Å². The highest BCUT2D eigenvalue weighted by Crippen LogP contribution is 2.11. The van der Waals surface area contributed by atoms with Gasteiger partial charge < -0.3 is 10.3 Å². The summed E-state index contributed by atoms with van der Waals surface area (Å²) in [7, 11) is 0. The molecule has 0 spiro atoms. The lowest BCUT2D eigenvalue weighted by atomic mass is 10.1. The number of nitrogens with one attached hydrogen (secondary N) is 2. The molecule has 5 heteroatoms. The molecule has 0 saturated carbocycles. The van der Waals surface area contributed by atoms with E-state index in [2.05, 4.69) is 31.2 Å². The van der Waals surface area contributed by atoms with Crippen LogP contribution < -0.4 is 5.32 Å². The number of aromatic amines is 1. The predicted molar refractivity (Wildman–Crippen MR) is 62.1 cm³/mol. The molecule has 78 valence electrons. The smallest absolute Gasteiger partial charge is 0.287 e. The van der Waals surface area contributed by atoms with Crippen LogP contribution in [0.15, 0.2) is 24.5 Å². The molecule has 0 bridgehead atoms. The number of carbonyl (C=O) groups is 1. The van der Waals surface area contributed by atoms with Gasteiger partial charge in [-0.25, -0.2) is 4.98 Å². The van der Waals surface area contributed by atoms with Crippen LogP contribution in [0.5, 0.6) is 0 Å². The predicted octanol–water partition coefficient (Wildman–Crippen LogP) is 2.21. The zero-order valence-corrected chi connectivity index (χ0v) is 9.54. The van der Waals surface area contributed by atoms with Crippen LogP contribution >= 0.6 is 15.9 Å². The average molecular weight is 268 g/mol. The number of imidazole rings is 1. The molecule has 0 radical (unpaired) electrons. The Morgan fingerprint density at radius 2 is 2.40 bits per heavy atom. The Morgan fingerprint density at radius 1 is 1.53 bits per heavy atom. The summed E-state index contributed by atoms with van der Waals surface area (Å²) in [5, 5.41) is 2.69. The van der Waals surface area contributed by atoms with Crippen LogP contribution in [-0.2, 0) is 6.42 Å². The minimum Gasteiger partial charge on any atom is -0.346 e. The van der Waals surface area contributed by atoms with Gasteiger partial charge >= 0.3 is 0 Å². The van der Waals surface area contributed by atoms with Crippen LogP contribution in [-0.4, -0.2) is 21.3 Å². The van der Waals surface area contributed by atoms with Crippen molar-refractivity contribution < 1.29 is 4.79 Å². The molecule has 0 atom stereocenters. The number of rotatable bonds is 3. The molecule has 0 saturated heterocycles. The van der Waals surface area contributed by atoms with Crippen LogP contribution in [0.3, 0.4) is 0 Å². The zero-order chi connectivity index (χ0) is 10.7. The summed E-state index contributed by atoms with van der Waals surface area (Å²) in [6.07, 6.45) is 2.49. The van der Waals surface area contributed by atoms with E-state index in [4.69, 9.17) is 0 Å². The van der Waals surface area contributed by atoms with Crippen LogP contribution in [0, 0.1) is 0 Å². The molecule has 1 aromatic heterocycles. The fraction of sp³-hybridized carbons (Fsp3) is 0.200. The molecule has 0 aliphatic heterocycles. The molecular formula is C10H10BrN3O. The molecule has 0 aliphatic rings. The Bertz CT molecular complexity index is 480. The number of hydrogen-bond donors (Lipinski definition) is 2. The van der Waals surface area contributed by atoms with Crippen molar-refractivity contribution in [2.24, 2.45) is 0 Å². The lowest BCUT2D eigenvalue weighted by Crippen LogP contribution is -2.18. The number of nitrogens with zero attached hydrogens (tertiary/aromatic N) is 1. The fourth-order valence-electron chi connectivity index (χ4n) is 1.44. The monoisotopic (exact) mass is 267 g/mol. The van der Waals surface area contributed by atoms with Gasteiger partial charge in [-0.2, -0.15) is 0 Å². The lowest BCUT2D eigenvalue weighted by Gasteiger charge is -2.01. The highest BCUT2D eigenvalue weighted by Gasteiger charge is 1.99. The van der Waals surface area contributed by atoms with E-state index in [9.17, 15) is 4.79 Å². The van der Waals surface area contributed by atoms with E-state index in [1.54, 1.807) is 6.33 Å². The molecule has 4 nitrogen and oxygen atoms in total. The van der Waals surface area contributed by atoms with Crippen molar-refractivity contribution in [1.82, 2.24) is 15.3 Å². The van der Waals surface area contributed by atoms with Crippen molar-refractivity contribution in [1.29, 1.82) is 0 Å². The number of benzene rings is 1. The first kappa shape index (κ1) is 10.2. The molecule has 0 fully saturated rings. The second-order valence-electron chi connectivity index (χ2n) is 3.20. The van der Waals surface area contributed by atoms with E-state index in [1.165, 1.54) is 5.56 Å². The Hall–Kier alpha value is -1.36. The van der Waals surface area contributed by atoms with Crippen molar-refractivity contribution in [3.63, 3.8) is 0 Å². The standard InChI is InChI=1S/C10H10BrN3O/c11-10(15)12-4-3-7-1-2-8-9(5-7)14-6-13-8/h1-2,5-6H,3-4H2,(H,12,15)(H,13,14). The first-order valence-electron chi connectivity index (χ1n) is 4.61. The number of hydrogen-bond acceptors (Lipinski definition) is 2. The van der Waals surface area contributed by atoms with Crippen LogP contribution in [0.4, 0.5) is 4.79 Å². The largest absolute Gasteiger partial charge is 0.346 e. The number of halogens is 1. The van der Waals surface area contributed by atoms with Gasteiger partial charge in [0.15, 0.2) is 0 Å². The summed E-state index contributed by atoms with van der Waals surface area (Å²) >= 11 is 2.82. The second-order valence-corrected chi connectivity index (χ2v) is 3.92. The maximum absolute atomic E-state index is 10.6. The average Bonchev–Trinajstić information content (AvgIpc) is 2.64. The maximum Gasteiger partial charge on any atom is 0.287 e. The minimum absolute atomic E-state index is 0.176. The Morgan fingerprint density at radius 3 is 3.20 bits per heavy atom. The van der Waals surface area contributed by atoms with Gasteiger partial charge in [-0.3, -0.25) is 4.79 Å². The van der Waals surface area contributed by atoms with E-state index < -0.39 is 0 Å². The highest BCUT2D eigenvalue weighted by molar-refractivity contribution is 9.18. The topological polar surface area (TPSA) is 57.8 Å². The number of H-pyrrole nitrogens is 1. The lowest BCUT2D eigenvalue weighted by molar-refractivity contribution is 0.262. The maximum atomic E-state index is 10.6. The summed E-state index contributed by atoms with van der Waals surface area (Å²) in [6.45, 7) is 0.629. The van der Waals surface area contributed by atoms with Crippen molar-refractivity contribution >= 4 is 31.8 Å². The number of amides is 1. The molecule has 1 aromatic carbocycles. The first-order valence-corrected chi connectivity index (χ1v) is 5.40. The van der Waals surface area contributed by atoms with E-state index in [0.717, 1.165) is 17.5 Å². The molecule has 15 heavy (non-hydrogen) atoms. The van der Waals surface area contributed by atoms with Crippen molar-refractivity contribution in [2.75, 3.05) is 6.54 Å². The summed E-state index contributed by atoms with van der Waals surface area (Å²) in [4.78, 5) is 17.6. The number of aromatic nitrogens is 2. The van der Waals surface area contributed by atoms with Crippen LogP contribution in [0.2, 0.25) is 0 Å². The van der Waals surface area contributed by atoms with Gasteiger partial charge in [0.2, 0.25) is 0 Å². The third-order valence-electron chi connectivity index (χ3n) is 2.16. The minimum atomic E-state index is -0.176. The van der Waals surface area contributed by atoms with E-state index in [1.807, 2.05) is 18.2 Å². The molecule has 1 heterocycles. The normalized spacial score (nSPS) is 10.5. The van der Waals surface area contributed by atoms with Gasteiger partial charge in [-0.15, -0.1) is 0 Å². The summed E-state index contributed by atoms with van der Waals surface area (Å²) < 4.78 is 0. The van der Waals surface area contributed by atoms with Gasteiger partial charge in [-0.1, -0.05) is 6.07 Å². The van der Waals surface area contributed by atoms with Crippen molar-refractivity contribution in [3.8, 4) is 0 Å². The first-order chi connectivity index (χ1) is 7.25. The Kier molecular flexibility index (Phi) is 3.01. The molecular weight excluding hydrogens is 258 g/mol. The molecule has 0 aliphatic carbocycles. The van der Waals surface area contributed by atoms with Crippen LogP contribution in [0.25, 0.3) is 11.0 Å². The molecule has 1 amide bonds. The summed E-state index contributed by atoms with van der Waals surface area (Å²) in [5.74, 6) is 0. The fourth-order valence-corrected chi connectivity index (χ4v) is 1.64. The molecule has 0 unspecified atom stereocenters. The van der Waals surface area contributed by atoms with Crippen molar-refractivity contribution in [2.45, 2.75) is 6.42 Å².